The molecule has 0 saturated heterocycles. The number of hydrogen-bond acceptors (Lipinski definition) is 3. The molecule has 0 fully saturated rings. The van der Waals surface area contributed by atoms with Gasteiger partial charge in [-0.3, -0.25) is 4.79 Å². The van der Waals surface area contributed by atoms with E-state index in [-0.39, 0.29) is 15.9 Å². The molecule has 0 atom stereocenters. The SMILES string of the molecule is N#Cc1cc(Br)ccc1NC(=O)c1cc(Cl)nc(Cl)c1. The number of amides is 1. The summed E-state index contributed by atoms with van der Waals surface area (Å²) in [5.41, 5.74) is 1.02. The number of aromatic nitrogens is 1. The van der Waals surface area contributed by atoms with Crippen LogP contribution in [0.2, 0.25) is 10.3 Å². The minimum atomic E-state index is -0.421. The van der Waals surface area contributed by atoms with Crippen molar-refractivity contribution >= 4 is 50.7 Å². The number of nitrogens with zero attached hydrogens (tertiary/aromatic N) is 2. The summed E-state index contributed by atoms with van der Waals surface area (Å²) in [6.07, 6.45) is 0. The highest BCUT2D eigenvalue weighted by molar-refractivity contribution is 9.10. The molecule has 0 radical (unpaired) electrons. The van der Waals surface area contributed by atoms with Crippen molar-refractivity contribution in [1.29, 1.82) is 5.26 Å². The van der Waals surface area contributed by atoms with Crippen molar-refractivity contribution in [3.8, 4) is 6.07 Å². The van der Waals surface area contributed by atoms with Crippen LogP contribution in [-0.2, 0) is 0 Å². The van der Waals surface area contributed by atoms with E-state index in [1.807, 2.05) is 6.07 Å². The van der Waals surface area contributed by atoms with Gasteiger partial charge >= 0.3 is 0 Å². The number of benzene rings is 1. The second-order valence-electron chi connectivity index (χ2n) is 3.76. The van der Waals surface area contributed by atoms with Gasteiger partial charge in [0.15, 0.2) is 0 Å². The monoisotopic (exact) mass is 369 g/mol. The summed E-state index contributed by atoms with van der Waals surface area (Å²) in [5, 5.41) is 11.9. The number of rotatable bonds is 2. The summed E-state index contributed by atoms with van der Waals surface area (Å²) in [6.45, 7) is 0. The van der Waals surface area contributed by atoms with Crippen LogP contribution in [-0.4, -0.2) is 10.9 Å². The lowest BCUT2D eigenvalue weighted by Gasteiger charge is -2.08. The summed E-state index contributed by atoms with van der Waals surface area (Å²) in [4.78, 5) is 15.9. The zero-order valence-corrected chi connectivity index (χ0v) is 12.9. The minimum Gasteiger partial charge on any atom is -0.321 e. The number of nitrogens with one attached hydrogen (secondary N) is 1. The summed E-state index contributed by atoms with van der Waals surface area (Å²) in [6, 6.07) is 9.77. The molecule has 4 nitrogen and oxygen atoms in total. The van der Waals surface area contributed by atoms with Crippen LogP contribution in [0.15, 0.2) is 34.8 Å². The van der Waals surface area contributed by atoms with Crippen LogP contribution in [0.1, 0.15) is 15.9 Å². The van der Waals surface area contributed by atoms with Crippen molar-refractivity contribution in [3.05, 3.63) is 56.2 Å². The molecule has 1 aromatic heterocycles. The van der Waals surface area contributed by atoms with E-state index in [2.05, 4.69) is 26.2 Å². The molecule has 0 unspecified atom stereocenters. The third kappa shape index (κ3) is 3.48. The lowest BCUT2D eigenvalue weighted by atomic mass is 10.2. The van der Waals surface area contributed by atoms with E-state index in [0.29, 0.717) is 11.3 Å². The highest BCUT2D eigenvalue weighted by Crippen LogP contribution is 2.22. The molecule has 1 aromatic carbocycles. The van der Waals surface area contributed by atoms with Gasteiger partial charge in [-0.15, -0.1) is 0 Å². The largest absolute Gasteiger partial charge is 0.321 e. The average molecular weight is 371 g/mol. The van der Waals surface area contributed by atoms with Crippen LogP contribution in [0.3, 0.4) is 0 Å². The number of hydrogen-bond donors (Lipinski definition) is 1. The van der Waals surface area contributed by atoms with Gasteiger partial charge < -0.3 is 5.32 Å². The number of pyridine rings is 1. The molecule has 100 valence electrons. The maximum Gasteiger partial charge on any atom is 0.255 e. The van der Waals surface area contributed by atoms with Crippen molar-refractivity contribution in [2.75, 3.05) is 5.32 Å². The van der Waals surface area contributed by atoms with Gasteiger partial charge in [0.2, 0.25) is 0 Å². The number of anilines is 1. The van der Waals surface area contributed by atoms with Crippen LogP contribution in [0.5, 0.6) is 0 Å². The first-order valence-electron chi connectivity index (χ1n) is 5.33. The van der Waals surface area contributed by atoms with Crippen LogP contribution < -0.4 is 5.32 Å². The number of nitriles is 1. The van der Waals surface area contributed by atoms with E-state index >= 15 is 0 Å². The van der Waals surface area contributed by atoms with Crippen molar-refractivity contribution in [2.45, 2.75) is 0 Å². The Morgan fingerprint density at radius 1 is 1.25 bits per heavy atom. The van der Waals surface area contributed by atoms with Gasteiger partial charge in [0, 0.05) is 10.0 Å². The summed E-state index contributed by atoms with van der Waals surface area (Å²) in [7, 11) is 0. The first-order chi connectivity index (χ1) is 9.49. The fourth-order valence-corrected chi connectivity index (χ4v) is 2.33. The summed E-state index contributed by atoms with van der Waals surface area (Å²) >= 11 is 14.7. The Balaban J connectivity index is 2.30. The maximum atomic E-state index is 12.1. The molecule has 0 aliphatic carbocycles. The van der Waals surface area contributed by atoms with Gasteiger partial charge in [-0.2, -0.15) is 5.26 Å². The van der Waals surface area contributed by atoms with Crippen molar-refractivity contribution in [3.63, 3.8) is 0 Å². The Hall–Kier alpha value is -1.61. The number of halogens is 3. The second-order valence-corrected chi connectivity index (χ2v) is 5.45. The van der Waals surface area contributed by atoms with Gasteiger partial charge in [0.25, 0.3) is 5.91 Å². The fourth-order valence-electron chi connectivity index (χ4n) is 1.51. The standard InChI is InChI=1S/C13H6BrCl2N3O/c14-9-1-2-10(8(3-9)6-17)18-13(20)7-4-11(15)19-12(16)5-7/h1-5H,(H,18,20). The van der Waals surface area contributed by atoms with Crippen LogP contribution in [0.4, 0.5) is 5.69 Å². The minimum absolute atomic E-state index is 0.124. The predicted molar refractivity (Wildman–Crippen MR) is 81.1 cm³/mol. The van der Waals surface area contributed by atoms with Crippen molar-refractivity contribution < 1.29 is 4.79 Å². The lowest BCUT2D eigenvalue weighted by molar-refractivity contribution is 0.102. The van der Waals surface area contributed by atoms with E-state index < -0.39 is 5.91 Å². The molecule has 1 heterocycles. The lowest BCUT2D eigenvalue weighted by Crippen LogP contribution is -2.13. The highest BCUT2D eigenvalue weighted by Gasteiger charge is 2.11. The molecule has 2 aromatic rings. The van der Waals surface area contributed by atoms with Crippen LogP contribution in [0.25, 0.3) is 0 Å². The first kappa shape index (κ1) is 14.8. The zero-order valence-electron chi connectivity index (χ0n) is 9.82. The number of carbonyl (C=O) groups is 1. The fraction of sp³-hybridized carbons (Fsp3) is 0. The molecule has 0 spiro atoms. The predicted octanol–water partition coefficient (Wildman–Crippen LogP) is 4.27. The molecule has 20 heavy (non-hydrogen) atoms. The average Bonchev–Trinajstić information content (AvgIpc) is 2.39. The normalized spacial score (nSPS) is 9.90. The molecule has 0 aliphatic heterocycles. The molecule has 0 saturated carbocycles. The Kier molecular flexibility index (Phi) is 4.61. The van der Waals surface area contributed by atoms with Crippen LogP contribution >= 0.6 is 39.1 Å². The van der Waals surface area contributed by atoms with Crippen LogP contribution in [0, 0.1) is 11.3 Å². The third-order valence-corrected chi connectivity index (χ3v) is 3.26. The highest BCUT2D eigenvalue weighted by atomic mass is 79.9. The van der Waals surface area contributed by atoms with Crippen molar-refractivity contribution in [1.82, 2.24) is 4.98 Å². The molecule has 2 rings (SSSR count). The van der Waals surface area contributed by atoms with Gasteiger partial charge in [-0.25, -0.2) is 4.98 Å². The Bertz CT molecular complexity index is 708. The topological polar surface area (TPSA) is 65.8 Å². The Morgan fingerprint density at radius 3 is 2.50 bits per heavy atom. The van der Waals surface area contributed by atoms with E-state index in [1.165, 1.54) is 12.1 Å². The smallest absolute Gasteiger partial charge is 0.255 e. The number of carbonyl (C=O) groups excluding carboxylic acids is 1. The van der Waals surface area contributed by atoms with Gasteiger partial charge in [-0.05, 0) is 30.3 Å². The molecule has 7 heteroatoms. The van der Waals surface area contributed by atoms with Gasteiger partial charge in [-0.1, -0.05) is 39.1 Å². The molecule has 1 amide bonds. The summed E-state index contributed by atoms with van der Waals surface area (Å²) < 4.78 is 0.752. The maximum absolute atomic E-state index is 12.1. The Labute approximate surface area is 133 Å². The molecule has 0 bridgehead atoms. The quantitative estimate of drug-likeness (QED) is 0.802. The van der Waals surface area contributed by atoms with E-state index in [1.54, 1.807) is 18.2 Å². The molecule has 1 N–H and O–H groups in total. The van der Waals surface area contributed by atoms with E-state index in [4.69, 9.17) is 28.5 Å². The molecular weight excluding hydrogens is 365 g/mol. The molecule has 0 aliphatic rings. The van der Waals surface area contributed by atoms with E-state index in [9.17, 15) is 4.79 Å². The zero-order chi connectivity index (χ0) is 14.7. The first-order valence-corrected chi connectivity index (χ1v) is 6.88. The molecular formula is C13H6BrCl2N3O. The van der Waals surface area contributed by atoms with Crippen molar-refractivity contribution in [2.24, 2.45) is 0 Å². The van der Waals surface area contributed by atoms with Gasteiger partial charge in [0.05, 0.1) is 11.3 Å². The Morgan fingerprint density at radius 2 is 1.90 bits per heavy atom. The summed E-state index contributed by atoms with van der Waals surface area (Å²) in [5.74, 6) is -0.421. The second kappa shape index (κ2) is 6.23. The third-order valence-electron chi connectivity index (χ3n) is 2.38. The van der Waals surface area contributed by atoms with E-state index in [0.717, 1.165) is 4.47 Å². The van der Waals surface area contributed by atoms with Gasteiger partial charge in [0.1, 0.15) is 16.4 Å².